The highest BCUT2D eigenvalue weighted by atomic mass is 19.4. The SMILES string of the molecule is Cc1ncc(CCCNC(=O)OC(C)(C)C)cc1Nc1ncc2c(n1)C1CCC=C(C(F)(F)F)C=C1NC(=O)CC2. The first kappa shape index (κ1) is 30.0. The third-order valence-electron chi connectivity index (χ3n) is 6.67. The highest BCUT2D eigenvalue weighted by Gasteiger charge is 2.36. The van der Waals surface area contributed by atoms with Crippen LogP contribution in [0.15, 0.2) is 41.9 Å². The van der Waals surface area contributed by atoms with Crippen LogP contribution >= 0.6 is 0 Å². The minimum absolute atomic E-state index is 0.117. The van der Waals surface area contributed by atoms with E-state index in [1.807, 2.05) is 13.0 Å². The maximum absolute atomic E-state index is 13.5. The molecule has 2 aliphatic rings. The van der Waals surface area contributed by atoms with E-state index in [9.17, 15) is 22.8 Å². The summed E-state index contributed by atoms with van der Waals surface area (Å²) in [6, 6.07) is 1.94. The number of rotatable bonds is 6. The summed E-state index contributed by atoms with van der Waals surface area (Å²) >= 11 is 0. The number of hydrogen-bond acceptors (Lipinski definition) is 7. The van der Waals surface area contributed by atoms with Gasteiger partial charge in [-0.25, -0.2) is 14.8 Å². The Balaban J connectivity index is 1.51. The molecule has 3 N–H and O–H groups in total. The summed E-state index contributed by atoms with van der Waals surface area (Å²) in [6.07, 6.45) is 3.00. The van der Waals surface area contributed by atoms with E-state index in [2.05, 4.69) is 25.9 Å². The summed E-state index contributed by atoms with van der Waals surface area (Å²) in [5.74, 6) is -0.564. The van der Waals surface area contributed by atoms with E-state index >= 15 is 0 Å². The van der Waals surface area contributed by atoms with Gasteiger partial charge < -0.3 is 20.7 Å². The zero-order valence-electron chi connectivity index (χ0n) is 23.6. The van der Waals surface area contributed by atoms with Gasteiger partial charge in [0.1, 0.15) is 5.60 Å². The van der Waals surface area contributed by atoms with E-state index in [0.29, 0.717) is 43.6 Å². The maximum Gasteiger partial charge on any atom is 0.416 e. The van der Waals surface area contributed by atoms with Gasteiger partial charge in [0.2, 0.25) is 11.9 Å². The van der Waals surface area contributed by atoms with E-state index in [4.69, 9.17) is 9.72 Å². The average molecular weight is 573 g/mol. The van der Waals surface area contributed by atoms with Crippen LogP contribution in [0, 0.1) is 6.92 Å². The Labute approximate surface area is 237 Å². The first-order valence-corrected chi connectivity index (χ1v) is 13.6. The Morgan fingerprint density at radius 3 is 2.68 bits per heavy atom. The first-order valence-electron chi connectivity index (χ1n) is 13.6. The molecule has 2 amide bonds. The van der Waals surface area contributed by atoms with E-state index in [1.54, 1.807) is 33.2 Å². The Bertz CT molecular complexity index is 1360. The molecular formula is C29H35F3N6O3. The molecule has 0 saturated heterocycles. The lowest BCUT2D eigenvalue weighted by atomic mass is 9.90. The number of anilines is 2. The standard InChI is InChI=1S/C29H35F3N6O3/c1-17-22(13-18(15-34-17)7-6-12-33-27(40)41-28(2,3)4)37-26-35-16-19-10-11-24(39)36-23-14-20(29(30,31)32)8-5-9-21(23)25(19)38-26/h8,13-16,21H,5-7,9-12H2,1-4H3,(H,33,40)(H,36,39)(H,35,37,38). The number of alkyl halides is 3. The molecule has 1 aliphatic heterocycles. The fraction of sp³-hybridized carbons (Fsp3) is 0.483. The molecule has 3 heterocycles. The molecule has 9 nitrogen and oxygen atoms in total. The van der Waals surface area contributed by atoms with Crippen molar-refractivity contribution >= 4 is 23.6 Å². The molecule has 2 aromatic heterocycles. The lowest BCUT2D eigenvalue weighted by Gasteiger charge is -2.25. The number of hydrogen-bond donors (Lipinski definition) is 3. The normalized spacial score (nSPS) is 17.4. The first-order chi connectivity index (χ1) is 19.3. The highest BCUT2D eigenvalue weighted by Crippen LogP contribution is 2.38. The van der Waals surface area contributed by atoms with Crippen LogP contribution < -0.4 is 16.0 Å². The molecule has 0 aromatic carbocycles. The number of fused-ring (bicyclic) bond motifs is 3. The molecule has 220 valence electrons. The molecule has 41 heavy (non-hydrogen) atoms. The lowest BCUT2D eigenvalue weighted by molar-refractivity contribution is -0.120. The van der Waals surface area contributed by atoms with Gasteiger partial charge in [0.15, 0.2) is 0 Å². The van der Waals surface area contributed by atoms with Gasteiger partial charge in [-0.2, -0.15) is 13.2 Å². The summed E-state index contributed by atoms with van der Waals surface area (Å²) in [4.78, 5) is 37.9. The van der Waals surface area contributed by atoms with Crippen molar-refractivity contribution in [1.82, 2.24) is 25.6 Å². The topological polar surface area (TPSA) is 118 Å². The van der Waals surface area contributed by atoms with E-state index < -0.39 is 29.4 Å². The monoisotopic (exact) mass is 572 g/mol. The fourth-order valence-corrected chi connectivity index (χ4v) is 4.70. The summed E-state index contributed by atoms with van der Waals surface area (Å²) in [6.45, 7) is 7.70. The van der Waals surface area contributed by atoms with E-state index in [-0.39, 0.29) is 30.4 Å². The number of nitrogens with one attached hydrogen (secondary N) is 3. The van der Waals surface area contributed by atoms with Crippen molar-refractivity contribution in [2.24, 2.45) is 0 Å². The summed E-state index contributed by atoms with van der Waals surface area (Å²) in [5.41, 5.74) is 2.55. The Morgan fingerprint density at radius 1 is 1.17 bits per heavy atom. The smallest absolute Gasteiger partial charge is 0.416 e. The Morgan fingerprint density at radius 2 is 1.95 bits per heavy atom. The second kappa shape index (κ2) is 12.3. The van der Waals surface area contributed by atoms with Crippen LogP contribution in [0.1, 0.15) is 74.9 Å². The zero-order valence-corrected chi connectivity index (χ0v) is 23.6. The number of halogens is 3. The number of allylic oxidation sites excluding steroid dienone is 4. The van der Waals surface area contributed by atoms with Crippen LogP contribution in [-0.4, -0.2) is 45.3 Å². The van der Waals surface area contributed by atoms with Crippen LogP contribution in [0.3, 0.4) is 0 Å². The van der Waals surface area contributed by atoms with Crippen LogP contribution in [-0.2, 0) is 22.4 Å². The van der Waals surface area contributed by atoms with Gasteiger partial charge >= 0.3 is 12.3 Å². The zero-order chi connectivity index (χ0) is 29.8. The van der Waals surface area contributed by atoms with Crippen LogP contribution in [0.5, 0.6) is 0 Å². The lowest BCUT2D eigenvalue weighted by Crippen LogP contribution is -2.33. The molecule has 0 radical (unpaired) electrons. The van der Waals surface area contributed by atoms with Crippen molar-refractivity contribution in [3.05, 3.63) is 64.4 Å². The number of ether oxygens (including phenoxy) is 1. The predicted octanol–water partition coefficient (Wildman–Crippen LogP) is 5.69. The van der Waals surface area contributed by atoms with Crippen molar-refractivity contribution in [1.29, 1.82) is 0 Å². The van der Waals surface area contributed by atoms with E-state index in [1.165, 1.54) is 0 Å². The fourth-order valence-electron chi connectivity index (χ4n) is 4.70. The van der Waals surface area contributed by atoms with Gasteiger partial charge in [0.05, 0.1) is 22.6 Å². The summed E-state index contributed by atoms with van der Waals surface area (Å²) in [5, 5.41) is 8.64. The highest BCUT2D eigenvalue weighted by molar-refractivity contribution is 5.79. The third kappa shape index (κ3) is 8.27. The van der Waals surface area contributed by atoms with Gasteiger partial charge in [-0.05, 0) is 83.1 Å². The largest absolute Gasteiger partial charge is 0.444 e. The van der Waals surface area contributed by atoms with Gasteiger partial charge in [0, 0.05) is 37.0 Å². The Kier molecular flexibility index (Phi) is 8.98. The number of carbonyl (C=O) groups is 2. The van der Waals surface area contributed by atoms with Crippen LogP contribution in [0.25, 0.3) is 0 Å². The van der Waals surface area contributed by atoms with Crippen molar-refractivity contribution in [3.63, 3.8) is 0 Å². The van der Waals surface area contributed by atoms with Gasteiger partial charge in [0.25, 0.3) is 0 Å². The number of nitrogens with zero attached hydrogens (tertiary/aromatic N) is 3. The van der Waals surface area contributed by atoms with Gasteiger partial charge in [-0.1, -0.05) is 6.08 Å². The molecule has 2 aromatic rings. The molecule has 0 spiro atoms. The van der Waals surface area contributed by atoms with Crippen molar-refractivity contribution in [2.45, 2.75) is 83.9 Å². The second-order valence-electron chi connectivity index (χ2n) is 11.2. The molecular weight excluding hydrogens is 537 g/mol. The number of aryl methyl sites for hydroxylation is 3. The summed E-state index contributed by atoms with van der Waals surface area (Å²) in [7, 11) is 0. The molecule has 0 bridgehead atoms. The molecule has 12 heteroatoms. The number of alkyl carbamates (subject to hydrolysis) is 1. The Hall–Kier alpha value is -3.96. The second-order valence-corrected chi connectivity index (χ2v) is 11.2. The maximum atomic E-state index is 13.5. The molecule has 0 saturated carbocycles. The van der Waals surface area contributed by atoms with Gasteiger partial charge in [-0.15, -0.1) is 0 Å². The van der Waals surface area contributed by atoms with Crippen molar-refractivity contribution in [2.75, 3.05) is 11.9 Å². The minimum atomic E-state index is -4.52. The third-order valence-corrected chi connectivity index (χ3v) is 6.67. The van der Waals surface area contributed by atoms with Crippen molar-refractivity contribution in [3.8, 4) is 0 Å². The van der Waals surface area contributed by atoms with Crippen molar-refractivity contribution < 1.29 is 27.5 Å². The average Bonchev–Trinajstić information content (AvgIpc) is 3.08. The van der Waals surface area contributed by atoms with Crippen LogP contribution in [0.2, 0.25) is 0 Å². The molecule has 4 rings (SSSR count). The minimum Gasteiger partial charge on any atom is -0.444 e. The number of amides is 2. The quantitative estimate of drug-likeness (QED) is 0.381. The molecule has 1 atom stereocenters. The number of aromatic nitrogens is 3. The summed E-state index contributed by atoms with van der Waals surface area (Å²) < 4.78 is 45.8. The molecule has 1 unspecified atom stereocenters. The van der Waals surface area contributed by atoms with Gasteiger partial charge in [-0.3, -0.25) is 9.78 Å². The van der Waals surface area contributed by atoms with Crippen LogP contribution in [0.4, 0.5) is 29.6 Å². The van der Waals surface area contributed by atoms with E-state index in [0.717, 1.165) is 29.0 Å². The number of pyridine rings is 1. The molecule has 0 fully saturated rings. The number of carbonyl (C=O) groups excluding carboxylic acids is 2. The molecule has 1 aliphatic carbocycles. The predicted molar refractivity (Wildman–Crippen MR) is 148 cm³/mol.